The van der Waals surface area contributed by atoms with Crippen LogP contribution in [-0.2, 0) is 0 Å². The number of piperidine rings is 1. The van der Waals surface area contributed by atoms with Crippen LogP contribution in [0.25, 0.3) is 0 Å². The lowest BCUT2D eigenvalue weighted by Crippen LogP contribution is -2.44. The Balaban J connectivity index is 1.97. The highest BCUT2D eigenvalue weighted by atomic mass is 79.9. The van der Waals surface area contributed by atoms with Crippen molar-refractivity contribution in [3.8, 4) is 0 Å². The van der Waals surface area contributed by atoms with Gasteiger partial charge in [0.1, 0.15) is 5.69 Å². The molecule has 1 aromatic heterocycles. The Kier molecular flexibility index (Phi) is 4.35. The third-order valence-electron chi connectivity index (χ3n) is 3.43. The Morgan fingerprint density at radius 1 is 1.39 bits per heavy atom. The predicted molar refractivity (Wildman–Crippen MR) is 74.5 cm³/mol. The normalized spacial score (nSPS) is 17.2. The molecule has 1 saturated heterocycles. The van der Waals surface area contributed by atoms with Crippen molar-refractivity contribution in [2.75, 3.05) is 27.2 Å². The summed E-state index contributed by atoms with van der Waals surface area (Å²) in [5.41, 5.74) is 0.529. The number of pyridine rings is 1. The zero-order valence-electron chi connectivity index (χ0n) is 10.8. The van der Waals surface area contributed by atoms with Crippen LogP contribution in [0.1, 0.15) is 23.3 Å². The summed E-state index contributed by atoms with van der Waals surface area (Å²) in [5, 5.41) is 0. The van der Waals surface area contributed by atoms with Crippen molar-refractivity contribution in [3.63, 3.8) is 0 Å². The smallest absolute Gasteiger partial charge is 0.272 e. The first-order valence-corrected chi connectivity index (χ1v) is 6.94. The van der Waals surface area contributed by atoms with Crippen LogP contribution < -0.4 is 0 Å². The molecule has 0 atom stereocenters. The quantitative estimate of drug-likeness (QED) is 0.838. The highest BCUT2D eigenvalue weighted by Crippen LogP contribution is 2.16. The second-order valence-corrected chi connectivity index (χ2v) is 5.76. The molecule has 4 nitrogen and oxygen atoms in total. The van der Waals surface area contributed by atoms with Crippen LogP contribution in [0.2, 0.25) is 0 Å². The molecule has 5 heteroatoms. The van der Waals surface area contributed by atoms with Gasteiger partial charge in [-0.3, -0.25) is 4.79 Å². The van der Waals surface area contributed by atoms with E-state index in [2.05, 4.69) is 39.9 Å². The van der Waals surface area contributed by atoms with Crippen molar-refractivity contribution in [1.82, 2.24) is 14.8 Å². The minimum absolute atomic E-state index is 0.0414. The van der Waals surface area contributed by atoms with Gasteiger partial charge in [0, 0.05) is 29.8 Å². The minimum Gasteiger partial charge on any atom is -0.337 e. The molecule has 0 spiro atoms. The molecule has 98 valence electrons. The van der Waals surface area contributed by atoms with Crippen LogP contribution in [0.3, 0.4) is 0 Å². The van der Waals surface area contributed by atoms with E-state index < -0.39 is 0 Å². The van der Waals surface area contributed by atoms with Gasteiger partial charge in [-0.1, -0.05) is 0 Å². The van der Waals surface area contributed by atoms with Crippen molar-refractivity contribution < 1.29 is 4.79 Å². The third kappa shape index (κ3) is 3.09. The van der Waals surface area contributed by atoms with E-state index in [1.165, 1.54) is 0 Å². The van der Waals surface area contributed by atoms with Crippen molar-refractivity contribution in [2.45, 2.75) is 18.9 Å². The predicted octanol–water partition coefficient (Wildman–Crippen LogP) is 2.01. The van der Waals surface area contributed by atoms with Gasteiger partial charge in [-0.25, -0.2) is 4.98 Å². The van der Waals surface area contributed by atoms with Crippen molar-refractivity contribution in [3.05, 3.63) is 28.5 Å². The summed E-state index contributed by atoms with van der Waals surface area (Å²) in [6.45, 7) is 1.64. The van der Waals surface area contributed by atoms with Gasteiger partial charge in [-0.2, -0.15) is 0 Å². The number of carbonyl (C=O) groups excluding carboxylic acids is 1. The Bertz CT molecular complexity index is 411. The van der Waals surface area contributed by atoms with E-state index in [-0.39, 0.29) is 5.91 Å². The number of amides is 1. The molecule has 1 aliphatic rings. The molecule has 0 radical (unpaired) electrons. The molecule has 1 fully saturated rings. The second kappa shape index (κ2) is 5.80. The summed E-state index contributed by atoms with van der Waals surface area (Å²) in [4.78, 5) is 20.5. The first-order chi connectivity index (χ1) is 8.58. The Hall–Kier alpha value is -0.940. The molecule has 2 heterocycles. The van der Waals surface area contributed by atoms with Gasteiger partial charge in [0.05, 0.1) is 0 Å². The standard InChI is InChI=1S/C13H18BrN3O/c1-16(2)11-5-7-17(8-6-11)13(18)12-4-3-10(14)9-15-12/h3-4,9,11H,5-8H2,1-2H3. The number of rotatable bonds is 2. The maximum absolute atomic E-state index is 12.2. The van der Waals surface area contributed by atoms with Gasteiger partial charge >= 0.3 is 0 Å². The maximum atomic E-state index is 12.2. The van der Waals surface area contributed by atoms with E-state index in [0.29, 0.717) is 11.7 Å². The molecule has 1 amide bonds. The monoisotopic (exact) mass is 311 g/mol. The number of aromatic nitrogens is 1. The van der Waals surface area contributed by atoms with Crippen molar-refractivity contribution >= 4 is 21.8 Å². The van der Waals surface area contributed by atoms with Crippen LogP contribution in [-0.4, -0.2) is 53.9 Å². The number of halogens is 1. The molecule has 18 heavy (non-hydrogen) atoms. The molecule has 1 aliphatic heterocycles. The van der Waals surface area contributed by atoms with Gasteiger partial charge in [0.25, 0.3) is 5.91 Å². The zero-order valence-corrected chi connectivity index (χ0v) is 12.4. The summed E-state index contributed by atoms with van der Waals surface area (Å²) in [7, 11) is 4.19. The summed E-state index contributed by atoms with van der Waals surface area (Å²) >= 11 is 3.32. The number of hydrogen-bond donors (Lipinski definition) is 0. The zero-order chi connectivity index (χ0) is 13.1. The van der Waals surface area contributed by atoms with E-state index in [1.807, 2.05) is 11.0 Å². The van der Waals surface area contributed by atoms with E-state index in [9.17, 15) is 4.79 Å². The largest absolute Gasteiger partial charge is 0.337 e. The van der Waals surface area contributed by atoms with Crippen LogP contribution in [0.5, 0.6) is 0 Å². The fraction of sp³-hybridized carbons (Fsp3) is 0.538. The van der Waals surface area contributed by atoms with Gasteiger partial charge in [0.2, 0.25) is 0 Å². The van der Waals surface area contributed by atoms with Gasteiger partial charge < -0.3 is 9.80 Å². The molecule has 0 unspecified atom stereocenters. The Labute approximate surface area is 116 Å². The molecular weight excluding hydrogens is 294 g/mol. The van der Waals surface area contributed by atoms with Crippen LogP contribution in [0.4, 0.5) is 0 Å². The first-order valence-electron chi connectivity index (χ1n) is 6.15. The first kappa shape index (κ1) is 13.5. The number of nitrogens with zero attached hydrogens (tertiary/aromatic N) is 3. The molecule has 0 bridgehead atoms. The van der Waals surface area contributed by atoms with E-state index in [1.54, 1.807) is 12.3 Å². The summed E-state index contributed by atoms with van der Waals surface area (Å²) in [5.74, 6) is 0.0414. The number of likely N-dealkylation sites (tertiary alicyclic amines) is 1. The SMILES string of the molecule is CN(C)C1CCN(C(=O)c2ccc(Br)cn2)CC1. The van der Waals surface area contributed by atoms with Crippen molar-refractivity contribution in [2.24, 2.45) is 0 Å². The number of carbonyl (C=O) groups is 1. The van der Waals surface area contributed by atoms with Crippen LogP contribution in [0.15, 0.2) is 22.8 Å². The molecule has 2 rings (SSSR count). The minimum atomic E-state index is 0.0414. The van der Waals surface area contributed by atoms with Crippen LogP contribution >= 0.6 is 15.9 Å². The highest BCUT2D eigenvalue weighted by Gasteiger charge is 2.24. The van der Waals surface area contributed by atoms with Crippen molar-refractivity contribution in [1.29, 1.82) is 0 Å². The second-order valence-electron chi connectivity index (χ2n) is 4.85. The Morgan fingerprint density at radius 3 is 2.56 bits per heavy atom. The highest BCUT2D eigenvalue weighted by molar-refractivity contribution is 9.10. The molecule has 0 saturated carbocycles. The summed E-state index contributed by atoms with van der Waals surface area (Å²) in [6, 6.07) is 4.21. The average molecular weight is 312 g/mol. The van der Waals surface area contributed by atoms with E-state index in [4.69, 9.17) is 0 Å². The fourth-order valence-electron chi connectivity index (χ4n) is 2.25. The topological polar surface area (TPSA) is 36.4 Å². The molecular formula is C13H18BrN3O. The molecule has 0 aromatic carbocycles. The lowest BCUT2D eigenvalue weighted by Gasteiger charge is -2.35. The molecule has 1 aromatic rings. The lowest BCUT2D eigenvalue weighted by atomic mass is 10.0. The maximum Gasteiger partial charge on any atom is 0.272 e. The van der Waals surface area contributed by atoms with Gasteiger partial charge in [0.15, 0.2) is 0 Å². The Morgan fingerprint density at radius 2 is 2.06 bits per heavy atom. The van der Waals surface area contributed by atoms with E-state index >= 15 is 0 Å². The third-order valence-corrected chi connectivity index (χ3v) is 3.90. The fourth-order valence-corrected chi connectivity index (χ4v) is 2.48. The molecule has 0 N–H and O–H groups in total. The van der Waals surface area contributed by atoms with Crippen LogP contribution in [0, 0.1) is 0 Å². The van der Waals surface area contributed by atoms with E-state index in [0.717, 1.165) is 30.4 Å². The molecule has 0 aliphatic carbocycles. The summed E-state index contributed by atoms with van der Waals surface area (Å²) < 4.78 is 0.894. The number of hydrogen-bond acceptors (Lipinski definition) is 3. The van der Waals surface area contributed by atoms with Gasteiger partial charge in [-0.05, 0) is 55.0 Å². The lowest BCUT2D eigenvalue weighted by molar-refractivity contribution is 0.0657. The summed E-state index contributed by atoms with van der Waals surface area (Å²) in [6.07, 6.45) is 3.74. The average Bonchev–Trinajstić information content (AvgIpc) is 2.39. The van der Waals surface area contributed by atoms with Gasteiger partial charge in [-0.15, -0.1) is 0 Å².